The van der Waals surface area contributed by atoms with Gasteiger partial charge < -0.3 is 5.32 Å². The van der Waals surface area contributed by atoms with E-state index >= 15 is 0 Å². The minimum atomic E-state index is -0.189. The van der Waals surface area contributed by atoms with E-state index in [0.717, 1.165) is 17.7 Å². The van der Waals surface area contributed by atoms with E-state index in [1.54, 1.807) is 18.6 Å². The topological polar surface area (TPSA) is 66.4 Å². The molecule has 21 heavy (non-hydrogen) atoms. The third-order valence-electron chi connectivity index (χ3n) is 2.95. The molecule has 2 rings (SSSR count). The van der Waals surface area contributed by atoms with Gasteiger partial charge >= 0.3 is 0 Å². The van der Waals surface area contributed by atoms with Gasteiger partial charge in [0.15, 0.2) is 0 Å². The van der Waals surface area contributed by atoms with Gasteiger partial charge in [-0.1, -0.05) is 25.1 Å². The third-order valence-corrected chi connectivity index (χ3v) is 2.95. The second-order valence-electron chi connectivity index (χ2n) is 4.44. The highest BCUT2D eigenvalue weighted by Crippen LogP contribution is 2.14. The Bertz CT molecular complexity index is 611. The van der Waals surface area contributed by atoms with Crippen molar-refractivity contribution in [3.63, 3.8) is 0 Å². The van der Waals surface area contributed by atoms with Gasteiger partial charge in [0.1, 0.15) is 0 Å². The first-order valence-electron chi connectivity index (χ1n) is 6.83. The fraction of sp³-hybridized carbons (Fsp3) is 0.188. The number of carbonyl (C=O) groups excluding carboxylic acids is 1. The van der Waals surface area contributed by atoms with E-state index in [4.69, 9.17) is 0 Å². The number of carbonyl (C=O) groups is 1. The van der Waals surface area contributed by atoms with Crippen LogP contribution in [0.25, 0.3) is 0 Å². The fourth-order valence-corrected chi connectivity index (χ4v) is 1.84. The first kappa shape index (κ1) is 14.7. The smallest absolute Gasteiger partial charge is 0.259 e. The molecule has 0 saturated heterocycles. The SMILES string of the molecule is CCc1ccccc1NCC(=O)NN=Cc1ccncc1. The number of benzene rings is 1. The summed E-state index contributed by atoms with van der Waals surface area (Å²) in [7, 11) is 0. The molecule has 1 aromatic carbocycles. The maximum Gasteiger partial charge on any atom is 0.259 e. The van der Waals surface area contributed by atoms with Crippen LogP contribution in [-0.4, -0.2) is 23.7 Å². The van der Waals surface area contributed by atoms with Crippen molar-refractivity contribution in [3.8, 4) is 0 Å². The molecule has 108 valence electrons. The second-order valence-corrected chi connectivity index (χ2v) is 4.44. The van der Waals surface area contributed by atoms with Gasteiger partial charge in [-0.15, -0.1) is 0 Å². The van der Waals surface area contributed by atoms with Crippen LogP contribution in [0.1, 0.15) is 18.1 Å². The van der Waals surface area contributed by atoms with Crippen molar-refractivity contribution in [2.45, 2.75) is 13.3 Å². The first-order chi connectivity index (χ1) is 10.3. The van der Waals surface area contributed by atoms with Crippen molar-refractivity contribution in [1.82, 2.24) is 10.4 Å². The summed E-state index contributed by atoms with van der Waals surface area (Å²) in [6.07, 6.45) is 5.85. The summed E-state index contributed by atoms with van der Waals surface area (Å²) < 4.78 is 0. The molecule has 0 saturated carbocycles. The lowest BCUT2D eigenvalue weighted by atomic mass is 10.1. The average Bonchev–Trinajstić information content (AvgIpc) is 2.54. The monoisotopic (exact) mass is 282 g/mol. The summed E-state index contributed by atoms with van der Waals surface area (Å²) in [5, 5.41) is 7.02. The summed E-state index contributed by atoms with van der Waals surface area (Å²) in [6.45, 7) is 2.27. The number of aryl methyl sites for hydroxylation is 1. The van der Waals surface area contributed by atoms with Gasteiger partial charge in [0.05, 0.1) is 12.8 Å². The number of amides is 1. The highest BCUT2D eigenvalue weighted by Gasteiger charge is 2.02. The largest absolute Gasteiger partial charge is 0.376 e. The summed E-state index contributed by atoms with van der Waals surface area (Å²) in [4.78, 5) is 15.6. The number of anilines is 1. The molecule has 2 aromatic rings. The quantitative estimate of drug-likeness (QED) is 0.630. The van der Waals surface area contributed by atoms with E-state index < -0.39 is 0 Å². The highest BCUT2D eigenvalue weighted by molar-refractivity contribution is 5.84. The number of rotatable bonds is 6. The molecule has 0 aliphatic carbocycles. The fourth-order valence-electron chi connectivity index (χ4n) is 1.84. The Morgan fingerprint density at radius 1 is 1.24 bits per heavy atom. The zero-order chi connectivity index (χ0) is 14.9. The molecular weight excluding hydrogens is 264 g/mol. The second kappa shape index (κ2) is 7.79. The van der Waals surface area contributed by atoms with Crippen molar-refractivity contribution < 1.29 is 4.79 Å². The van der Waals surface area contributed by atoms with Gasteiger partial charge in [0.2, 0.25) is 0 Å². The summed E-state index contributed by atoms with van der Waals surface area (Å²) >= 11 is 0. The van der Waals surface area contributed by atoms with Crippen LogP contribution in [-0.2, 0) is 11.2 Å². The van der Waals surface area contributed by atoms with Gasteiger partial charge in [-0.05, 0) is 35.7 Å². The highest BCUT2D eigenvalue weighted by atomic mass is 16.2. The van der Waals surface area contributed by atoms with E-state index in [2.05, 4.69) is 27.8 Å². The van der Waals surface area contributed by atoms with E-state index in [9.17, 15) is 4.79 Å². The number of hydrazone groups is 1. The van der Waals surface area contributed by atoms with Crippen LogP contribution in [0.3, 0.4) is 0 Å². The van der Waals surface area contributed by atoms with E-state index in [1.807, 2.05) is 36.4 Å². The summed E-state index contributed by atoms with van der Waals surface area (Å²) in [5.74, 6) is -0.189. The van der Waals surface area contributed by atoms with Crippen LogP contribution in [0, 0.1) is 0 Å². The number of hydrogen-bond donors (Lipinski definition) is 2. The molecule has 0 spiro atoms. The van der Waals surface area contributed by atoms with Gasteiger partial charge in [-0.2, -0.15) is 5.10 Å². The van der Waals surface area contributed by atoms with E-state index in [0.29, 0.717) is 0 Å². The lowest BCUT2D eigenvalue weighted by Gasteiger charge is -2.09. The average molecular weight is 282 g/mol. The number of nitrogens with one attached hydrogen (secondary N) is 2. The Kier molecular flexibility index (Phi) is 5.46. The zero-order valence-electron chi connectivity index (χ0n) is 11.9. The van der Waals surface area contributed by atoms with Crippen molar-refractivity contribution >= 4 is 17.8 Å². The maximum atomic E-state index is 11.7. The minimum Gasteiger partial charge on any atom is -0.376 e. The van der Waals surface area contributed by atoms with Gasteiger partial charge in [0, 0.05) is 18.1 Å². The summed E-state index contributed by atoms with van der Waals surface area (Å²) in [5.41, 5.74) is 5.54. The lowest BCUT2D eigenvalue weighted by Crippen LogP contribution is -2.26. The van der Waals surface area contributed by atoms with Crippen molar-refractivity contribution in [2.75, 3.05) is 11.9 Å². The normalized spacial score (nSPS) is 10.5. The van der Waals surface area contributed by atoms with Gasteiger partial charge in [-0.3, -0.25) is 9.78 Å². The number of hydrogen-bond acceptors (Lipinski definition) is 4. The number of pyridine rings is 1. The van der Waals surface area contributed by atoms with Crippen LogP contribution in [0.15, 0.2) is 53.9 Å². The van der Waals surface area contributed by atoms with Crippen LogP contribution in [0.4, 0.5) is 5.69 Å². The van der Waals surface area contributed by atoms with Crippen molar-refractivity contribution in [2.24, 2.45) is 5.10 Å². The van der Waals surface area contributed by atoms with Gasteiger partial charge in [0.25, 0.3) is 5.91 Å². The molecule has 0 unspecified atom stereocenters. The van der Waals surface area contributed by atoms with Crippen LogP contribution in [0.5, 0.6) is 0 Å². The molecule has 1 aromatic heterocycles. The molecule has 1 amide bonds. The van der Waals surface area contributed by atoms with E-state index in [-0.39, 0.29) is 12.5 Å². The molecule has 0 aliphatic heterocycles. The molecule has 0 fully saturated rings. The Balaban J connectivity index is 1.81. The lowest BCUT2D eigenvalue weighted by molar-refractivity contribution is -0.119. The molecule has 0 aliphatic rings. The molecule has 1 heterocycles. The summed E-state index contributed by atoms with van der Waals surface area (Å²) in [6, 6.07) is 11.6. The Labute approximate surface area is 124 Å². The number of nitrogens with zero attached hydrogens (tertiary/aromatic N) is 2. The van der Waals surface area contributed by atoms with Crippen molar-refractivity contribution in [3.05, 3.63) is 59.9 Å². The Hall–Kier alpha value is -2.69. The zero-order valence-corrected chi connectivity index (χ0v) is 11.9. The maximum absolute atomic E-state index is 11.7. The van der Waals surface area contributed by atoms with E-state index in [1.165, 1.54) is 5.56 Å². The van der Waals surface area contributed by atoms with Crippen molar-refractivity contribution in [1.29, 1.82) is 0 Å². The Morgan fingerprint density at radius 3 is 2.76 bits per heavy atom. The minimum absolute atomic E-state index is 0.185. The molecule has 0 radical (unpaired) electrons. The predicted molar refractivity (Wildman–Crippen MR) is 84.3 cm³/mol. The van der Waals surface area contributed by atoms with Crippen LogP contribution < -0.4 is 10.7 Å². The molecule has 0 atom stereocenters. The van der Waals surface area contributed by atoms with Crippen LogP contribution in [0.2, 0.25) is 0 Å². The number of aromatic nitrogens is 1. The molecule has 5 nitrogen and oxygen atoms in total. The van der Waals surface area contributed by atoms with Gasteiger partial charge in [-0.25, -0.2) is 5.43 Å². The number of para-hydroxylation sites is 1. The third kappa shape index (κ3) is 4.72. The Morgan fingerprint density at radius 2 is 2.00 bits per heavy atom. The molecule has 0 bridgehead atoms. The first-order valence-corrected chi connectivity index (χ1v) is 6.83. The standard InChI is InChI=1S/C16H18N4O/c1-2-14-5-3-4-6-15(14)18-12-16(21)20-19-11-13-7-9-17-10-8-13/h3-11,18H,2,12H2,1H3,(H,20,21). The van der Waals surface area contributed by atoms with Crippen LogP contribution >= 0.6 is 0 Å². The molecular formula is C16H18N4O. The molecule has 5 heteroatoms. The molecule has 2 N–H and O–H groups in total. The predicted octanol–water partition coefficient (Wildman–Crippen LogP) is 2.21.